The average Bonchev–Trinajstić information content (AvgIpc) is 4.07. The summed E-state index contributed by atoms with van der Waals surface area (Å²) >= 11 is 7.99. The van der Waals surface area contributed by atoms with E-state index in [1.165, 1.54) is 10.9 Å². The number of nitrogens with zero attached hydrogens (tertiary/aromatic N) is 5. The summed E-state index contributed by atoms with van der Waals surface area (Å²) in [7, 11) is -0.609. The van der Waals surface area contributed by atoms with Crippen molar-refractivity contribution in [1.29, 1.82) is 0 Å². The second-order valence-corrected chi connectivity index (χ2v) is 22.5. The van der Waals surface area contributed by atoms with Gasteiger partial charge in [-0.15, -0.1) is 21.5 Å². The van der Waals surface area contributed by atoms with Gasteiger partial charge in [0.1, 0.15) is 22.9 Å². The van der Waals surface area contributed by atoms with Gasteiger partial charge in [-0.05, 0) is 124 Å². The third-order valence-corrected chi connectivity index (χ3v) is 17.9. The maximum Gasteiger partial charge on any atom is 0.494 e. The number of hydrogen-bond acceptors (Lipinski definition) is 12. The molecule has 19 heteroatoms. The van der Waals surface area contributed by atoms with Gasteiger partial charge in [0.25, 0.3) is 11.8 Å². The number of nitrogens with one attached hydrogen (secondary N) is 3. The summed E-state index contributed by atoms with van der Waals surface area (Å²) in [5, 5.41) is 18.9. The number of rotatable bonds is 14. The molecular formula is C54H56BClN8O8S. The van der Waals surface area contributed by atoms with Gasteiger partial charge in [-0.3, -0.25) is 48.5 Å². The number of hydrogen-bond donors (Lipinski definition) is 3. The standard InChI is InChI=1S/C54H56BClN8O8S/c1-28-29(2)73-52-45(28)47(32-17-19-34(56)20-18-32)59-38(48-62-61-30(3)63(48)52)27-44(67)57-24-10-23-54-40-25-33(53(40,4)5)26-41(54)71-55(72-54)36-14-7-6-11-31(36)12-8-16-42(65)58-37-15-9-13-35-46(37)51(70)64(50(35)69)39-21-22-43(66)60-49(39)68/h6-7,9,11,13-15,17-20,33,38-41H,8,10,12,16,21-27H2,1-5H3,(H,57,67)(H,58,65)(H,60,66,68)/t33-,38+,39?,40-,41+,54-/m1/s1. The number of amides is 6. The first kappa shape index (κ1) is 48.9. The molecule has 6 heterocycles. The normalized spacial score (nSPS) is 24.5. The third kappa shape index (κ3) is 8.43. The highest BCUT2D eigenvalue weighted by Gasteiger charge is 2.69. The largest absolute Gasteiger partial charge is 0.494 e. The highest BCUT2D eigenvalue weighted by atomic mass is 35.5. The number of halogens is 1. The van der Waals surface area contributed by atoms with Crippen LogP contribution in [0.5, 0.6) is 0 Å². The zero-order valence-electron chi connectivity index (χ0n) is 41.4. The Labute approximate surface area is 432 Å². The Kier molecular flexibility index (Phi) is 12.6. The number of anilines is 1. The van der Waals surface area contributed by atoms with Crippen LogP contribution in [0, 0.1) is 38.0 Å². The quantitative estimate of drug-likeness (QED) is 0.0587. The zero-order chi connectivity index (χ0) is 51.1. The molecule has 2 aromatic heterocycles. The summed E-state index contributed by atoms with van der Waals surface area (Å²) in [6.45, 7) is 11.3. The van der Waals surface area contributed by atoms with Gasteiger partial charge in [0.15, 0.2) is 5.82 Å². The molecule has 6 atom stereocenters. The van der Waals surface area contributed by atoms with Crippen molar-refractivity contribution in [1.82, 2.24) is 30.3 Å². The van der Waals surface area contributed by atoms with Gasteiger partial charge in [-0.2, -0.15) is 0 Å². The van der Waals surface area contributed by atoms with Gasteiger partial charge in [0, 0.05) is 40.4 Å². The summed E-state index contributed by atoms with van der Waals surface area (Å²) in [5.74, 6) is -0.789. The van der Waals surface area contributed by atoms with Crippen molar-refractivity contribution in [3.05, 3.63) is 122 Å². The number of imide groups is 2. The summed E-state index contributed by atoms with van der Waals surface area (Å²) < 4.78 is 16.2. The molecule has 0 radical (unpaired) electrons. The Balaban J connectivity index is 0.742. The molecule has 2 bridgehead atoms. The van der Waals surface area contributed by atoms with Crippen LogP contribution in [0.4, 0.5) is 5.69 Å². The SMILES string of the molecule is Cc1sc2c(c1C)C(c1ccc(Cl)cc1)=N[C@@H](CC(=O)NCCC[C@]13OB(c4ccccc4CCCC(=O)Nc4cccc5c4C(=O)N(C4CCC(=O)NC4=O)C5=O)O[C@H]1C[C@H]1C[C@@H]3C1(C)C)c1nnc(C)n1-2. The Morgan fingerprint density at radius 3 is 2.51 bits per heavy atom. The lowest BCUT2D eigenvalue weighted by atomic mass is 9.42. The van der Waals surface area contributed by atoms with Crippen molar-refractivity contribution < 1.29 is 38.1 Å². The first-order valence-corrected chi connectivity index (χ1v) is 26.4. The minimum absolute atomic E-state index is 0.00829. The van der Waals surface area contributed by atoms with Crippen LogP contribution in [-0.4, -0.2) is 92.2 Å². The molecule has 4 aliphatic heterocycles. The molecule has 12 rings (SSSR count). The molecule has 73 heavy (non-hydrogen) atoms. The van der Waals surface area contributed by atoms with Crippen LogP contribution in [-0.2, 0) is 34.9 Å². The first-order valence-electron chi connectivity index (χ1n) is 25.2. The van der Waals surface area contributed by atoms with E-state index >= 15 is 0 Å². The van der Waals surface area contributed by atoms with E-state index in [-0.39, 0.29) is 71.7 Å². The van der Waals surface area contributed by atoms with E-state index in [1.54, 1.807) is 23.5 Å². The first-order chi connectivity index (χ1) is 35.0. The second-order valence-electron chi connectivity index (χ2n) is 20.9. The molecule has 3 saturated carbocycles. The number of aliphatic imine (C=N–C) groups is 1. The van der Waals surface area contributed by atoms with E-state index < -0.39 is 48.4 Å². The molecule has 3 N–H and O–H groups in total. The highest BCUT2D eigenvalue weighted by Crippen LogP contribution is 2.67. The number of thiophene rings is 1. The Hall–Kier alpha value is -6.34. The molecule has 3 aromatic carbocycles. The van der Waals surface area contributed by atoms with E-state index in [9.17, 15) is 28.8 Å². The molecule has 2 saturated heterocycles. The number of benzene rings is 3. The molecule has 5 aromatic rings. The second kappa shape index (κ2) is 18.9. The number of aromatic nitrogens is 3. The predicted octanol–water partition coefficient (Wildman–Crippen LogP) is 7.06. The van der Waals surface area contributed by atoms with Gasteiger partial charge in [0.2, 0.25) is 23.6 Å². The molecule has 5 fully saturated rings. The number of piperidine rings is 1. The third-order valence-electron chi connectivity index (χ3n) is 16.4. The molecule has 16 nitrogen and oxygen atoms in total. The van der Waals surface area contributed by atoms with Crippen LogP contribution < -0.4 is 21.4 Å². The summed E-state index contributed by atoms with van der Waals surface area (Å²) in [5.41, 5.74) is 5.60. The van der Waals surface area contributed by atoms with E-state index in [4.69, 9.17) is 25.9 Å². The summed E-state index contributed by atoms with van der Waals surface area (Å²) in [6, 6.07) is 18.6. The van der Waals surface area contributed by atoms with Crippen LogP contribution in [0.25, 0.3) is 5.00 Å². The van der Waals surface area contributed by atoms with Gasteiger partial charge < -0.3 is 19.9 Å². The molecule has 0 spiro atoms. The van der Waals surface area contributed by atoms with Crippen molar-refractivity contribution >= 4 is 82.4 Å². The van der Waals surface area contributed by atoms with Crippen molar-refractivity contribution in [3.8, 4) is 5.00 Å². The van der Waals surface area contributed by atoms with E-state index in [0.717, 1.165) is 62.0 Å². The Morgan fingerprint density at radius 2 is 1.73 bits per heavy atom. The van der Waals surface area contributed by atoms with Crippen molar-refractivity contribution in [2.75, 3.05) is 11.9 Å². The van der Waals surface area contributed by atoms with E-state index in [2.05, 4.69) is 58.4 Å². The smallest absolute Gasteiger partial charge is 0.401 e. The van der Waals surface area contributed by atoms with Crippen LogP contribution in [0.3, 0.4) is 0 Å². The topological polar surface area (TPSA) is 203 Å². The van der Waals surface area contributed by atoms with Crippen molar-refractivity contribution in [2.45, 2.75) is 123 Å². The minimum atomic E-state index is -1.11. The van der Waals surface area contributed by atoms with Gasteiger partial charge in [0.05, 0.1) is 40.7 Å². The maximum absolute atomic E-state index is 14.0. The van der Waals surface area contributed by atoms with Crippen LogP contribution >= 0.6 is 22.9 Å². The molecule has 6 amide bonds. The monoisotopic (exact) mass is 1020 g/mol. The van der Waals surface area contributed by atoms with E-state index in [0.29, 0.717) is 49.0 Å². The van der Waals surface area contributed by atoms with Crippen LogP contribution in [0.2, 0.25) is 5.02 Å². The lowest BCUT2D eigenvalue weighted by Gasteiger charge is -2.65. The number of fused-ring (bicyclic) bond motifs is 4. The highest BCUT2D eigenvalue weighted by molar-refractivity contribution is 7.15. The Morgan fingerprint density at radius 1 is 0.932 bits per heavy atom. The minimum Gasteiger partial charge on any atom is -0.401 e. The Bertz CT molecular complexity index is 3170. The summed E-state index contributed by atoms with van der Waals surface area (Å²) in [6.07, 6.45) is 4.50. The maximum atomic E-state index is 14.0. The van der Waals surface area contributed by atoms with E-state index in [1.807, 2.05) is 55.5 Å². The molecule has 7 aliphatic rings. The van der Waals surface area contributed by atoms with Crippen LogP contribution in [0.15, 0.2) is 71.7 Å². The predicted molar refractivity (Wildman–Crippen MR) is 275 cm³/mol. The summed E-state index contributed by atoms with van der Waals surface area (Å²) in [4.78, 5) is 86.1. The lowest BCUT2D eigenvalue weighted by Crippen LogP contribution is -2.66. The van der Waals surface area contributed by atoms with Crippen LogP contribution in [0.1, 0.15) is 137 Å². The molecular weight excluding hydrogens is 967 g/mol. The molecule has 376 valence electrons. The van der Waals surface area contributed by atoms with Gasteiger partial charge >= 0.3 is 7.12 Å². The van der Waals surface area contributed by atoms with Gasteiger partial charge in [-0.25, -0.2) is 0 Å². The fourth-order valence-corrected chi connectivity index (χ4v) is 13.7. The molecule has 1 unspecified atom stereocenters. The number of aryl methyl sites for hydroxylation is 3. The van der Waals surface area contributed by atoms with Crippen molar-refractivity contribution in [2.24, 2.45) is 22.2 Å². The van der Waals surface area contributed by atoms with Crippen molar-refractivity contribution in [3.63, 3.8) is 0 Å². The number of carbonyl (C=O) groups excluding carboxylic acids is 6. The van der Waals surface area contributed by atoms with Gasteiger partial charge in [-0.1, -0.05) is 67.9 Å². The molecule has 3 aliphatic carbocycles. The number of carbonyl (C=O) groups is 6. The zero-order valence-corrected chi connectivity index (χ0v) is 43.0. The fraction of sp³-hybridized carbons (Fsp3) is 0.426. The average molecular weight is 1020 g/mol. The fourth-order valence-electron chi connectivity index (χ4n) is 12.4. The lowest BCUT2D eigenvalue weighted by molar-refractivity contribution is -0.210.